The van der Waals surface area contributed by atoms with Crippen LogP contribution in [-0.2, 0) is 10.1 Å². The van der Waals surface area contributed by atoms with E-state index in [4.69, 9.17) is 4.55 Å². The summed E-state index contributed by atoms with van der Waals surface area (Å²) in [5, 5.41) is 3.21. The Bertz CT molecular complexity index is 897. The van der Waals surface area contributed by atoms with Crippen molar-refractivity contribution in [3.8, 4) is 23.7 Å². The fraction of sp³-hybridized carbons (Fsp3) is 0.200. The van der Waals surface area contributed by atoms with Gasteiger partial charge in [-0.15, -0.1) is 0 Å². The molecule has 0 aromatic heterocycles. The van der Waals surface area contributed by atoms with Gasteiger partial charge < -0.3 is 5.32 Å². The summed E-state index contributed by atoms with van der Waals surface area (Å²) in [5.41, 5.74) is 3.03. The van der Waals surface area contributed by atoms with E-state index >= 15 is 0 Å². The van der Waals surface area contributed by atoms with Gasteiger partial charge in [0.1, 0.15) is 0 Å². The quantitative estimate of drug-likeness (QED) is 0.611. The van der Waals surface area contributed by atoms with Gasteiger partial charge in [-0.05, 0) is 31.2 Å². The Kier molecular flexibility index (Phi) is 6.80. The molecule has 0 radical (unpaired) electrons. The van der Waals surface area contributed by atoms with Crippen molar-refractivity contribution in [2.45, 2.75) is 18.2 Å². The molecule has 3 rings (SSSR count). The van der Waals surface area contributed by atoms with E-state index in [0.29, 0.717) is 0 Å². The van der Waals surface area contributed by atoms with Crippen LogP contribution in [0.2, 0.25) is 0 Å². The maximum Gasteiger partial charge on any atom is 0.294 e. The first-order valence-corrected chi connectivity index (χ1v) is 9.22. The summed E-state index contributed by atoms with van der Waals surface area (Å²) in [6.45, 7) is 3.51. The topological polar surface area (TPSA) is 66.4 Å². The second kappa shape index (κ2) is 9.05. The van der Waals surface area contributed by atoms with Gasteiger partial charge in [-0.25, -0.2) is 0 Å². The molecule has 1 aliphatic heterocycles. The number of rotatable bonds is 1. The first-order valence-electron chi connectivity index (χ1n) is 7.78. The number of hydrogen-bond acceptors (Lipinski definition) is 3. The summed E-state index contributed by atoms with van der Waals surface area (Å²) in [5.74, 6) is 12.5. The van der Waals surface area contributed by atoms with Crippen LogP contribution in [0.5, 0.6) is 0 Å². The largest absolute Gasteiger partial charge is 0.305 e. The maximum absolute atomic E-state index is 10.5. The molecule has 2 aromatic rings. The number of hydrogen-bond donors (Lipinski definition) is 2. The first kappa shape index (κ1) is 18.8. The van der Waals surface area contributed by atoms with E-state index in [1.165, 1.54) is 12.1 Å². The maximum atomic E-state index is 10.5. The van der Waals surface area contributed by atoms with Gasteiger partial charge in [-0.3, -0.25) is 4.55 Å². The summed E-state index contributed by atoms with van der Waals surface area (Å²) < 4.78 is 29.6. The van der Waals surface area contributed by atoms with E-state index in [1.54, 1.807) is 12.1 Å². The van der Waals surface area contributed by atoms with Crippen molar-refractivity contribution in [1.82, 2.24) is 5.32 Å². The Labute approximate surface area is 149 Å². The Morgan fingerprint density at radius 1 is 0.960 bits per heavy atom. The molecule has 1 heterocycles. The van der Waals surface area contributed by atoms with Crippen LogP contribution < -0.4 is 5.32 Å². The highest BCUT2D eigenvalue weighted by atomic mass is 32.2. The minimum Gasteiger partial charge on any atom is -0.305 e. The van der Waals surface area contributed by atoms with Crippen molar-refractivity contribution >= 4 is 10.1 Å². The molecule has 0 aliphatic carbocycles. The van der Waals surface area contributed by atoms with Gasteiger partial charge in [-0.2, -0.15) is 8.42 Å². The number of aryl methyl sites for hydroxylation is 1. The second-order valence-corrected chi connectivity index (χ2v) is 6.79. The van der Waals surface area contributed by atoms with Gasteiger partial charge >= 0.3 is 0 Å². The van der Waals surface area contributed by atoms with Gasteiger partial charge in [0.15, 0.2) is 0 Å². The van der Waals surface area contributed by atoms with E-state index < -0.39 is 10.1 Å². The standard InChI is InChI=1S/C13H11N.C7H8O3S/c1-2-7-13-9-5-11-14-10-4-3-8-12(13)6-1;1-6-2-4-7(5-3-6)11(8,9)10/h1-2,6-7,14H,4,10-11H2;2-5H,1H3,(H,8,9,10). The van der Waals surface area contributed by atoms with Gasteiger partial charge in [0.2, 0.25) is 0 Å². The highest BCUT2D eigenvalue weighted by molar-refractivity contribution is 7.85. The van der Waals surface area contributed by atoms with Crippen molar-refractivity contribution < 1.29 is 13.0 Å². The molecule has 2 aromatic carbocycles. The molecule has 1 aliphatic rings. The van der Waals surface area contributed by atoms with Crippen molar-refractivity contribution in [2.24, 2.45) is 0 Å². The molecule has 128 valence electrons. The van der Waals surface area contributed by atoms with Crippen molar-refractivity contribution in [3.05, 3.63) is 65.2 Å². The third-order valence-corrected chi connectivity index (χ3v) is 4.20. The lowest BCUT2D eigenvalue weighted by Gasteiger charge is -1.98. The highest BCUT2D eigenvalue weighted by Crippen LogP contribution is 2.08. The fourth-order valence-electron chi connectivity index (χ4n) is 2.01. The smallest absolute Gasteiger partial charge is 0.294 e. The molecule has 0 fully saturated rings. The molecule has 0 unspecified atom stereocenters. The zero-order valence-electron chi connectivity index (χ0n) is 13.9. The van der Waals surface area contributed by atoms with Crippen LogP contribution in [0.4, 0.5) is 0 Å². The van der Waals surface area contributed by atoms with Crippen LogP contribution in [0.25, 0.3) is 0 Å². The number of benzene rings is 2. The summed E-state index contributed by atoms with van der Waals surface area (Å²) in [6, 6.07) is 14.0. The monoisotopic (exact) mass is 353 g/mol. The van der Waals surface area contributed by atoms with Crippen LogP contribution in [-0.4, -0.2) is 26.1 Å². The zero-order chi connectivity index (χ0) is 18.1. The molecule has 0 spiro atoms. The van der Waals surface area contributed by atoms with Crippen LogP contribution in [0.3, 0.4) is 0 Å². The Morgan fingerprint density at radius 2 is 1.56 bits per heavy atom. The predicted octanol–water partition coefficient (Wildman–Crippen LogP) is 2.62. The molecule has 0 atom stereocenters. The minimum absolute atomic E-state index is 0.0666. The van der Waals surface area contributed by atoms with Crippen molar-refractivity contribution in [2.75, 3.05) is 13.1 Å². The summed E-state index contributed by atoms with van der Waals surface area (Å²) in [4.78, 5) is -0.0666. The molecule has 4 nitrogen and oxygen atoms in total. The number of fused-ring (bicyclic) bond motifs is 1. The lowest BCUT2D eigenvalue weighted by Crippen LogP contribution is -2.15. The molecule has 0 amide bonds. The van der Waals surface area contributed by atoms with Crippen LogP contribution in [0.1, 0.15) is 23.1 Å². The summed E-state index contributed by atoms with van der Waals surface area (Å²) >= 11 is 0. The molecule has 0 saturated heterocycles. The Morgan fingerprint density at radius 3 is 2.16 bits per heavy atom. The normalized spacial score (nSPS) is 12.9. The van der Waals surface area contributed by atoms with Crippen molar-refractivity contribution in [3.63, 3.8) is 0 Å². The molecule has 0 saturated carbocycles. The zero-order valence-corrected chi connectivity index (χ0v) is 14.7. The molecular weight excluding hydrogens is 334 g/mol. The van der Waals surface area contributed by atoms with E-state index in [1.807, 2.05) is 31.2 Å². The van der Waals surface area contributed by atoms with Crippen LogP contribution in [0.15, 0.2) is 53.4 Å². The average Bonchev–Trinajstić information content (AvgIpc) is 2.59. The SMILES string of the molecule is C1#Cc2ccccc2C#CCNCC1.Cc1ccc(S(=O)(=O)O)cc1. The average molecular weight is 353 g/mol. The first-order chi connectivity index (χ1) is 12.0. The molecule has 25 heavy (non-hydrogen) atoms. The van der Waals surface area contributed by atoms with Crippen LogP contribution in [0, 0.1) is 30.6 Å². The Hall–Kier alpha value is -2.57. The van der Waals surface area contributed by atoms with Gasteiger partial charge in [0, 0.05) is 24.1 Å². The lowest BCUT2D eigenvalue weighted by atomic mass is 10.1. The lowest BCUT2D eigenvalue weighted by molar-refractivity contribution is 0.483. The third-order valence-electron chi connectivity index (χ3n) is 3.33. The second-order valence-electron chi connectivity index (χ2n) is 5.36. The highest BCUT2D eigenvalue weighted by Gasteiger charge is 2.06. The van der Waals surface area contributed by atoms with E-state index in [0.717, 1.165) is 36.2 Å². The molecule has 2 N–H and O–H groups in total. The van der Waals surface area contributed by atoms with Crippen LogP contribution >= 0.6 is 0 Å². The van der Waals surface area contributed by atoms with Gasteiger partial charge in [0.25, 0.3) is 10.1 Å². The Balaban J connectivity index is 0.000000186. The van der Waals surface area contributed by atoms with E-state index in [2.05, 4.69) is 29.0 Å². The molecular formula is C20H19NO3S. The predicted molar refractivity (Wildman–Crippen MR) is 98.7 cm³/mol. The fourth-order valence-corrected chi connectivity index (χ4v) is 2.49. The minimum atomic E-state index is -4.02. The van der Waals surface area contributed by atoms with Gasteiger partial charge in [0.05, 0.1) is 11.4 Å². The number of nitrogens with one attached hydrogen (secondary N) is 1. The summed E-state index contributed by atoms with van der Waals surface area (Å²) in [6.07, 6.45) is 0.885. The van der Waals surface area contributed by atoms with Gasteiger partial charge in [-0.1, -0.05) is 53.5 Å². The van der Waals surface area contributed by atoms with E-state index in [-0.39, 0.29) is 4.90 Å². The third kappa shape index (κ3) is 6.45. The summed E-state index contributed by atoms with van der Waals surface area (Å²) in [7, 11) is -4.02. The van der Waals surface area contributed by atoms with Crippen molar-refractivity contribution in [1.29, 1.82) is 0 Å². The molecule has 5 heteroatoms. The van der Waals surface area contributed by atoms with E-state index in [9.17, 15) is 8.42 Å². The molecule has 0 bridgehead atoms.